The number of alkyl halides is 3. The molecular formula is C13H15F3O3. The Balaban J connectivity index is 0.000000399. The number of hydrogen-bond acceptors (Lipinski definition) is 3. The van der Waals surface area contributed by atoms with E-state index >= 15 is 0 Å². The number of esters is 1. The topological polar surface area (TPSA) is 43.4 Å². The molecule has 106 valence electrons. The largest absolute Gasteiger partial charge is 0.463 e. The summed E-state index contributed by atoms with van der Waals surface area (Å²) in [5, 5.41) is 0. The van der Waals surface area contributed by atoms with Gasteiger partial charge in [-0.25, -0.2) is 4.79 Å². The Kier molecular flexibility index (Phi) is 6.24. The molecule has 1 aromatic rings. The van der Waals surface area contributed by atoms with E-state index in [1.807, 2.05) is 0 Å². The van der Waals surface area contributed by atoms with Crippen molar-refractivity contribution < 1.29 is 27.5 Å². The van der Waals surface area contributed by atoms with E-state index in [0.717, 1.165) is 13.0 Å². The van der Waals surface area contributed by atoms with Crippen molar-refractivity contribution in [3.63, 3.8) is 0 Å². The first-order valence-electron chi connectivity index (χ1n) is 5.33. The number of ether oxygens (including phenoxy) is 1. The molecular weight excluding hydrogens is 261 g/mol. The van der Waals surface area contributed by atoms with Gasteiger partial charge in [-0.05, 0) is 25.5 Å². The molecule has 0 spiro atoms. The number of carbonyl (C=O) groups excluding carboxylic acids is 2. The first-order chi connectivity index (χ1) is 8.59. The molecule has 0 saturated heterocycles. The fourth-order valence-electron chi connectivity index (χ4n) is 1.18. The second-order valence-corrected chi connectivity index (χ2v) is 3.86. The normalized spacial score (nSPS) is 10.3. The number of aryl methyl sites for hydroxylation is 2. The van der Waals surface area contributed by atoms with Crippen molar-refractivity contribution in [1.29, 1.82) is 0 Å². The van der Waals surface area contributed by atoms with Crippen LogP contribution in [0.1, 0.15) is 23.6 Å². The fraction of sp³-hybridized carbons (Fsp3) is 0.385. The molecule has 0 aliphatic heterocycles. The van der Waals surface area contributed by atoms with Crippen LogP contribution < -0.4 is 0 Å². The number of methoxy groups -OCH3 is 1. The van der Waals surface area contributed by atoms with E-state index in [4.69, 9.17) is 0 Å². The molecule has 0 radical (unpaired) electrons. The van der Waals surface area contributed by atoms with Gasteiger partial charge in [0.25, 0.3) is 0 Å². The van der Waals surface area contributed by atoms with Crippen LogP contribution in [0.15, 0.2) is 18.2 Å². The summed E-state index contributed by atoms with van der Waals surface area (Å²) in [5.74, 6) is -1.36. The monoisotopic (exact) mass is 276 g/mol. The van der Waals surface area contributed by atoms with Crippen LogP contribution in [0, 0.1) is 13.8 Å². The highest BCUT2D eigenvalue weighted by molar-refractivity contribution is 6.32. The van der Waals surface area contributed by atoms with Crippen molar-refractivity contribution in [2.24, 2.45) is 0 Å². The quantitative estimate of drug-likeness (QED) is 0.585. The molecule has 0 bridgehead atoms. The summed E-state index contributed by atoms with van der Waals surface area (Å²) in [6.07, 6.45) is -4.23. The molecule has 0 saturated carbocycles. The first kappa shape index (κ1) is 17.2. The molecule has 0 unspecified atom stereocenters. The van der Waals surface area contributed by atoms with Gasteiger partial charge in [-0.15, -0.1) is 0 Å². The Morgan fingerprint density at radius 3 is 1.95 bits per heavy atom. The standard InChI is InChI=1S/C9H9F3.C4H6O3/c1-6-3-4-7(2)8(5-6)9(10,11)12;1-3(5)4(6)7-2/h3-5H,1-2H3;1-2H3. The average Bonchev–Trinajstić information content (AvgIpc) is 2.30. The smallest absolute Gasteiger partial charge is 0.416 e. The zero-order valence-corrected chi connectivity index (χ0v) is 11.1. The molecule has 3 nitrogen and oxygen atoms in total. The third-order valence-corrected chi connectivity index (χ3v) is 2.17. The van der Waals surface area contributed by atoms with Crippen LogP contribution in [0.3, 0.4) is 0 Å². The molecule has 0 atom stereocenters. The highest BCUT2D eigenvalue weighted by Crippen LogP contribution is 2.31. The van der Waals surface area contributed by atoms with Crippen LogP contribution in [-0.4, -0.2) is 18.9 Å². The van der Waals surface area contributed by atoms with Crippen LogP contribution in [0.25, 0.3) is 0 Å². The summed E-state index contributed by atoms with van der Waals surface area (Å²) < 4.78 is 40.7. The number of benzene rings is 1. The van der Waals surface area contributed by atoms with E-state index in [1.165, 1.54) is 20.1 Å². The van der Waals surface area contributed by atoms with E-state index in [1.54, 1.807) is 13.0 Å². The van der Waals surface area contributed by atoms with E-state index in [-0.39, 0.29) is 5.56 Å². The predicted octanol–water partition coefficient (Wildman–Crippen LogP) is 3.07. The number of carbonyl (C=O) groups is 2. The van der Waals surface area contributed by atoms with Gasteiger partial charge in [-0.3, -0.25) is 4.79 Å². The van der Waals surface area contributed by atoms with Crippen molar-refractivity contribution in [2.45, 2.75) is 26.9 Å². The van der Waals surface area contributed by atoms with E-state index < -0.39 is 23.5 Å². The molecule has 0 aromatic heterocycles. The van der Waals surface area contributed by atoms with Crippen LogP contribution in [0.4, 0.5) is 13.2 Å². The third kappa shape index (κ3) is 6.03. The average molecular weight is 276 g/mol. The molecule has 0 fully saturated rings. The highest BCUT2D eigenvalue weighted by atomic mass is 19.4. The van der Waals surface area contributed by atoms with Gasteiger partial charge < -0.3 is 4.74 Å². The maximum atomic E-state index is 12.2. The summed E-state index contributed by atoms with van der Waals surface area (Å²) in [6.45, 7) is 4.27. The van der Waals surface area contributed by atoms with Gasteiger partial charge in [0.1, 0.15) is 0 Å². The Morgan fingerprint density at radius 1 is 1.16 bits per heavy atom. The minimum Gasteiger partial charge on any atom is -0.463 e. The lowest BCUT2D eigenvalue weighted by Crippen LogP contribution is -2.10. The number of ketones is 1. The van der Waals surface area contributed by atoms with Crippen molar-refractivity contribution in [3.05, 3.63) is 34.9 Å². The summed E-state index contributed by atoms with van der Waals surface area (Å²) in [6, 6.07) is 4.32. The molecule has 6 heteroatoms. The predicted molar refractivity (Wildman–Crippen MR) is 63.6 cm³/mol. The number of rotatable bonds is 1. The van der Waals surface area contributed by atoms with Crippen LogP contribution >= 0.6 is 0 Å². The second-order valence-electron chi connectivity index (χ2n) is 3.86. The summed E-state index contributed by atoms with van der Waals surface area (Å²) in [4.78, 5) is 19.8. The van der Waals surface area contributed by atoms with Crippen molar-refractivity contribution in [1.82, 2.24) is 0 Å². The van der Waals surface area contributed by atoms with Gasteiger partial charge in [-0.1, -0.05) is 17.7 Å². The first-order valence-corrected chi connectivity index (χ1v) is 5.33. The Morgan fingerprint density at radius 2 is 1.68 bits per heavy atom. The Labute approximate surface area is 109 Å². The van der Waals surface area contributed by atoms with E-state index in [0.29, 0.717) is 5.56 Å². The van der Waals surface area contributed by atoms with Crippen LogP contribution in [-0.2, 0) is 20.5 Å². The summed E-state index contributed by atoms with van der Waals surface area (Å²) in [5.41, 5.74) is 0.364. The lowest BCUT2D eigenvalue weighted by atomic mass is 10.1. The Bertz CT molecular complexity index is 465. The molecule has 1 aromatic carbocycles. The van der Waals surface area contributed by atoms with Gasteiger partial charge >= 0.3 is 12.1 Å². The summed E-state index contributed by atoms with van der Waals surface area (Å²) >= 11 is 0. The van der Waals surface area contributed by atoms with Crippen molar-refractivity contribution in [3.8, 4) is 0 Å². The van der Waals surface area contributed by atoms with Gasteiger partial charge in [0, 0.05) is 6.92 Å². The maximum Gasteiger partial charge on any atom is 0.416 e. The highest BCUT2D eigenvalue weighted by Gasteiger charge is 2.31. The maximum absolute atomic E-state index is 12.2. The van der Waals surface area contributed by atoms with Crippen LogP contribution in [0.5, 0.6) is 0 Å². The second kappa shape index (κ2) is 6.92. The zero-order chi connectivity index (χ0) is 15.2. The lowest BCUT2D eigenvalue weighted by molar-refractivity contribution is -0.150. The minimum absolute atomic E-state index is 0.271. The Hall–Kier alpha value is -1.85. The van der Waals surface area contributed by atoms with Gasteiger partial charge in [0.05, 0.1) is 12.7 Å². The lowest BCUT2D eigenvalue weighted by Gasteiger charge is -2.10. The molecule has 0 N–H and O–H groups in total. The van der Waals surface area contributed by atoms with E-state index in [9.17, 15) is 22.8 Å². The van der Waals surface area contributed by atoms with Gasteiger partial charge in [-0.2, -0.15) is 13.2 Å². The SMILES string of the molecule is COC(=O)C(C)=O.Cc1ccc(C)c(C(F)(F)F)c1. The number of hydrogen-bond donors (Lipinski definition) is 0. The third-order valence-electron chi connectivity index (χ3n) is 2.17. The number of halogens is 3. The molecule has 0 heterocycles. The van der Waals surface area contributed by atoms with Crippen LogP contribution in [0.2, 0.25) is 0 Å². The van der Waals surface area contributed by atoms with E-state index in [2.05, 4.69) is 4.74 Å². The minimum atomic E-state index is -4.23. The van der Waals surface area contributed by atoms with Crippen molar-refractivity contribution >= 4 is 11.8 Å². The molecule has 0 aliphatic carbocycles. The molecule has 19 heavy (non-hydrogen) atoms. The molecule has 0 aliphatic rings. The van der Waals surface area contributed by atoms with Crippen molar-refractivity contribution in [2.75, 3.05) is 7.11 Å². The summed E-state index contributed by atoms with van der Waals surface area (Å²) in [7, 11) is 1.17. The fourth-order valence-corrected chi connectivity index (χ4v) is 1.18. The molecule has 1 rings (SSSR count). The number of Topliss-reactive ketones (excluding diaryl/α,β-unsaturated/α-hetero) is 1. The van der Waals surface area contributed by atoms with Gasteiger partial charge in [0.15, 0.2) is 0 Å². The molecule has 0 amide bonds. The zero-order valence-electron chi connectivity index (χ0n) is 11.1. The van der Waals surface area contributed by atoms with Gasteiger partial charge in [0.2, 0.25) is 5.78 Å².